The van der Waals surface area contributed by atoms with Crippen LogP contribution in [0, 0.1) is 0 Å². The normalized spacial score (nSPS) is 20.9. The van der Waals surface area contributed by atoms with E-state index in [-0.39, 0.29) is 0 Å². The maximum atomic E-state index is 10.9. The zero-order valence-corrected chi connectivity index (χ0v) is 6.97. The number of carbonyl (C=O) groups is 1. The number of thiocarbonyl (C=S) groups is 1. The summed E-state index contributed by atoms with van der Waals surface area (Å²) in [5.74, 6) is 0. The van der Waals surface area contributed by atoms with Crippen molar-refractivity contribution >= 4 is 40.4 Å². The quantitative estimate of drug-likeness (QED) is 0.545. The molecule has 0 aromatic carbocycles. The van der Waals surface area contributed by atoms with Crippen molar-refractivity contribution in [3.63, 3.8) is 0 Å². The van der Waals surface area contributed by atoms with Gasteiger partial charge >= 0.3 is 6.03 Å². The Morgan fingerprint density at radius 2 is 2.08 bits per heavy atom. The van der Waals surface area contributed by atoms with Gasteiger partial charge in [-0.05, 0) is 6.92 Å². The number of hydrogen-bond donors (Lipinski definition) is 1. The van der Waals surface area contributed by atoms with Crippen LogP contribution in [0.15, 0.2) is 15.2 Å². The molecule has 0 fully saturated rings. The highest BCUT2D eigenvalue weighted by Gasteiger charge is 2.28. The maximum Gasteiger partial charge on any atom is 0.346 e. The van der Waals surface area contributed by atoms with Crippen molar-refractivity contribution in [3.8, 4) is 0 Å². The summed E-state index contributed by atoms with van der Waals surface area (Å²) in [6.07, 6.45) is 0. The molecule has 5 nitrogen and oxygen atoms in total. The van der Waals surface area contributed by atoms with Gasteiger partial charge < -0.3 is 0 Å². The lowest BCUT2D eigenvalue weighted by Crippen LogP contribution is -2.43. The Labute approximate surface area is 73.3 Å². The van der Waals surface area contributed by atoms with Crippen molar-refractivity contribution in [1.82, 2.24) is 5.32 Å². The molecule has 0 atom stereocenters. The molecular weight excluding hydrogens is 176 g/mol. The van der Waals surface area contributed by atoms with Crippen molar-refractivity contribution in [2.24, 2.45) is 15.2 Å². The topological polar surface area (TPSA) is 66.2 Å². The summed E-state index contributed by atoms with van der Waals surface area (Å²) >= 11 is 4.86. The molecule has 0 saturated carbocycles. The summed E-state index contributed by atoms with van der Waals surface area (Å²) in [6, 6.07) is -0.453. The number of carbonyl (C=O) groups excluding carboxylic acids is 1. The molecule has 2 aliphatic heterocycles. The molecule has 0 aromatic heterocycles. The van der Waals surface area contributed by atoms with Crippen LogP contribution in [-0.4, -0.2) is 28.2 Å². The third-order valence-corrected chi connectivity index (χ3v) is 1.81. The van der Waals surface area contributed by atoms with E-state index >= 15 is 0 Å². The van der Waals surface area contributed by atoms with Gasteiger partial charge in [-0.1, -0.05) is 12.2 Å². The van der Waals surface area contributed by atoms with Gasteiger partial charge in [0, 0.05) is 0 Å². The van der Waals surface area contributed by atoms with Gasteiger partial charge in [-0.15, -0.1) is 5.10 Å². The number of urea groups is 1. The number of hydrogen-bond acceptors (Lipinski definition) is 4. The van der Waals surface area contributed by atoms with Crippen LogP contribution >= 0.6 is 12.2 Å². The van der Waals surface area contributed by atoms with E-state index in [1.165, 1.54) is 0 Å². The molecule has 2 heterocycles. The van der Waals surface area contributed by atoms with Gasteiger partial charge in [0.1, 0.15) is 16.4 Å². The van der Waals surface area contributed by atoms with Gasteiger partial charge in [0.15, 0.2) is 0 Å². The van der Waals surface area contributed by atoms with Crippen LogP contribution in [0.4, 0.5) is 4.79 Å². The molecule has 0 bridgehead atoms. The van der Waals surface area contributed by atoms with Gasteiger partial charge in [-0.25, -0.2) is 4.79 Å². The Kier molecular flexibility index (Phi) is 1.37. The Morgan fingerprint density at radius 3 is 2.83 bits per heavy atom. The van der Waals surface area contributed by atoms with Crippen LogP contribution in [0.2, 0.25) is 0 Å². The molecule has 0 aliphatic carbocycles. The van der Waals surface area contributed by atoms with Crippen LogP contribution < -0.4 is 5.32 Å². The summed E-state index contributed by atoms with van der Waals surface area (Å²) in [4.78, 5) is 14.9. The highest BCUT2D eigenvalue weighted by molar-refractivity contribution is 7.82. The molecular formula is C6H4N4OS. The van der Waals surface area contributed by atoms with Crippen LogP contribution in [0.25, 0.3) is 0 Å². The monoisotopic (exact) mass is 180 g/mol. The molecule has 1 N–H and O–H groups in total. The predicted molar refractivity (Wildman–Crippen MR) is 49.1 cm³/mol. The molecule has 12 heavy (non-hydrogen) atoms. The van der Waals surface area contributed by atoms with Crippen LogP contribution in [0.1, 0.15) is 6.92 Å². The zero-order chi connectivity index (χ0) is 8.72. The molecule has 2 amide bonds. The Bertz CT molecular complexity index is 379. The minimum atomic E-state index is -0.453. The van der Waals surface area contributed by atoms with E-state index in [9.17, 15) is 4.79 Å². The lowest BCUT2D eigenvalue weighted by Gasteiger charge is -2.09. The van der Waals surface area contributed by atoms with E-state index < -0.39 is 6.03 Å². The van der Waals surface area contributed by atoms with Gasteiger partial charge in [0.25, 0.3) is 0 Å². The number of aliphatic imine (C=N–C) groups is 1. The van der Waals surface area contributed by atoms with Gasteiger partial charge in [0.2, 0.25) is 0 Å². The highest BCUT2D eigenvalue weighted by Crippen LogP contribution is 2.05. The number of nitrogens with one attached hydrogen (secondary N) is 1. The Balaban J connectivity index is 2.53. The molecule has 0 unspecified atom stereocenters. The van der Waals surface area contributed by atoms with Crippen LogP contribution in [0.3, 0.4) is 0 Å². The first-order chi connectivity index (χ1) is 5.68. The molecule has 0 aromatic rings. The first-order valence-electron chi connectivity index (χ1n) is 3.25. The summed E-state index contributed by atoms with van der Waals surface area (Å²) in [5, 5.41) is 9.90. The van der Waals surface area contributed by atoms with E-state index in [1.807, 2.05) is 0 Å². The SMILES string of the molecule is CC1=NN=C2C(=S)NC(=O)N=C12. The average molecular weight is 180 g/mol. The first kappa shape index (κ1) is 7.23. The third-order valence-electron chi connectivity index (χ3n) is 1.52. The van der Waals surface area contributed by atoms with E-state index in [0.717, 1.165) is 0 Å². The number of nitrogens with zero attached hydrogens (tertiary/aromatic N) is 3. The Morgan fingerprint density at radius 1 is 1.33 bits per heavy atom. The molecule has 0 radical (unpaired) electrons. The van der Waals surface area contributed by atoms with Gasteiger partial charge in [0.05, 0.1) is 5.71 Å². The standard InChI is InChI=1S/C6H4N4OS/c1-2-3-4(10-9-2)5(12)8-6(11)7-3/h1H3,(H,8,11,12). The van der Waals surface area contributed by atoms with E-state index in [1.54, 1.807) is 6.92 Å². The summed E-state index contributed by atoms with van der Waals surface area (Å²) in [7, 11) is 0. The van der Waals surface area contributed by atoms with E-state index in [0.29, 0.717) is 22.1 Å². The number of fused-ring (bicyclic) bond motifs is 1. The predicted octanol–water partition coefficient (Wildman–Crippen LogP) is 0.309. The minimum absolute atomic E-state index is 0.297. The second-order valence-corrected chi connectivity index (χ2v) is 2.76. The second kappa shape index (κ2) is 2.28. The summed E-state index contributed by atoms with van der Waals surface area (Å²) in [5.41, 5.74) is 1.60. The van der Waals surface area contributed by atoms with Crippen LogP contribution in [-0.2, 0) is 0 Å². The number of rotatable bonds is 0. The lowest BCUT2D eigenvalue weighted by atomic mass is 10.1. The molecule has 0 saturated heterocycles. The molecule has 2 rings (SSSR count). The largest absolute Gasteiger partial charge is 0.346 e. The highest BCUT2D eigenvalue weighted by atomic mass is 32.1. The fourth-order valence-electron chi connectivity index (χ4n) is 0.964. The number of amides is 2. The van der Waals surface area contributed by atoms with Crippen molar-refractivity contribution in [2.45, 2.75) is 6.92 Å². The third kappa shape index (κ3) is 0.884. The first-order valence-corrected chi connectivity index (χ1v) is 3.66. The van der Waals surface area contributed by atoms with Crippen molar-refractivity contribution in [1.29, 1.82) is 0 Å². The Hall–Kier alpha value is -1.43. The van der Waals surface area contributed by atoms with Crippen molar-refractivity contribution < 1.29 is 4.79 Å². The molecule has 6 heteroatoms. The zero-order valence-electron chi connectivity index (χ0n) is 6.16. The minimum Gasteiger partial charge on any atom is -0.295 e. The summed E-state index contributed by atoms with van der Waals surface area (Å²) in [6.45, 7) is 1.73. The van der Waals surface area contributed by atoms with E-state index in [4.69, 9.17) is 12.2 Å². The van der Waals surface area contributed by atoms with Gasteiger partial charge in [-0.2, -0.15) is 10.1 Å². The smallest absolute Gasteiger partial charge is 0.295 e. The van der Waals surface area contributed by atoms with Crippen LogP contribution in [0.5, 0.6) is 0 Å². The van der Waals surface area contributed by atoms with Crippen molar-refractivity contribution in [2.75, 3.05) is 0 Å². The molecule has 0 spiro atoms. The van der Waals surface area contributed by atoms with E-state index in [2.05, 4.69) is 20.5 Å². The van der Waals surface area contributed by atoms with Crippen molar-refractivity contribution in [3.05, 3.63) is 0 Å². The fraction of sp³-hybridized carbons (Fsp3) is 0.167. The van der Waals surface area contributed by atoms with Gasteiger partial charge in [-0.3, -0.25) is 5.32 Å². The average Bonchev–Trinajstić information content (AvgIpc) is 2.33. The maximum absolute atomic E-state index is 10.9. The lowest BCUT2D eigenvalue weighted by molar-refractivity contribution is 0.253. The molecule has 2 aliphatic rings. The fourth-order valence-corrected chi connectivity index (χ4v) is 1.19. The molecule has 60 valence electrons. The second-order valence-electron chi connectivity index (χ2n) is 2.35. The summed E-state index contributed by atoms with van der Waals surface area (Å²) < 4.78 is 0.